The van der Waals surface area contributed by atoms with Crippen molar-refractivity contribution in [2.75, 3.05) is 0 Å². The van der Waals surface area contributed by atoms with Gasteiger partial charge in [-0.3, -0.25) is 0 Å². The van der Waals surface area contributed by atoms with Gasteiger partial charge in [-0.05, 0) is 103 Å². The summed E-state index contributed by atoms with van der Waals surface area (Å²) >= 11 is 2.37. The van der Waals surface area contributed by atoms with E-state index in [-0.39, 0.29) is 0 Å². The molecule has 1 atom stereocenters. The third-order valence-electron chi connectivity index (χ3n) is 5.51. The summed E-state index contributed by atoms with van der Waals surface area (Å²) in [6.07, 6.45) is 5.70. The molecule has 0 N–H and O–H groups in total. The Bertz CT molecular complexity index is 1180. The molecular weight excluding hydrogens is 427 g/mol. The van der Waals surface area contributed by atoms with Crippen molar-refractivity contribution >= 4 is 50.2 Å². The first kappa shape index (κ1) is 16.1. The van der Waals surface area contributed by atoms with Crippen LogP contribution in [-0.4, -0.2) is 0 Å². The first-order chi connectivity index (χ1) is 12.7. The lowest BCUT2D eigenvalue weighted by molar-refractivity contribution is 0.779. The molecule has 4 aromatic rings. The summed E-state index contributed by atoms with van der Waals surface area (Å²) in [6, 6.07) is 24.9. The van der Waals surface area contributed by atoms with Gasteiger partial charge in [0.15, 0.2) is 0 Å². The molecule has 0 spiro atoms. The van der Waals surface area contributed by atoms with Crippen LogP contribution in [0, 0.1) is 3.57 Å². The Labute approximate surface area is 167 Å². The second-order valence-electron chi connectivity index (χ2n) is 7.25. The summed E-state index contributed by atoms with van der Waals surface area (Å²) in [6.45, 7) is 2.33. The number of halogens is 1. The van der Waals surface area contributed by atoms with Crippen LogP contribution in [0.15, 0.2) is 72.8 Å². The van der Waals surface area contributed by atoms with E-state index in [0.29, 0.717) is 5.92 Å². The minimum absolute atomic E-state index is 0.590. The van der Waals surface area contributed by atoms with Crippen LogP contribution in [0.3, 0.4) is 0 Å². The standard InChI is InChI=1S/C25H19I/c1-16-3-2-4-17-5-8-22-14-20(10-12-24(22)25(16)17)18-6-7-21-15-23(26)11-9-19(21)13-18/h2,4-16H,3H2,1H3/t16-/m0/s1. The molecule has 126 valence electrons. The van der Waals surface area contributed by atoms with Crippen LogP contribution in [-0.2, 0) is 0 Å². The molecule has 0 unspecified atom stereocenters. The van der Waals surface area contributed by atoms with Crippen LogP contribution in [0.5, 0.6) is 0 Å². The molecule has 0 saturated carbocycles. The van der Waals surface area contributed by atoms with E-state index in [4.69, 9.17) is 0 Å². The summed E-state index contributed by atoms with van der Waals surface area (Å²) in [5.41, 5.74) is 5.46. The van der Waals surface area contributed by atoms with E-state index in [0.717, 1.165) is 6.42 Å². The highest BCUT2D eigenvalue weighted by Gasteiger charge is 2.16. The molecule has 1 heteroatoms. The zero-order valence-corrected chi connectivity index (χ0v) is 16.8. The van der Waals surface area contributed by atoms with E-state index in [9.17, 15) is 0 Å². The molecule has 0 aliphatic heterocycles. The van der Waals surface area contributed by atoms with Crippen LogP contribution in [0.1, 0.15) is 30.4 Å². The Hall–Kier alpha value is -2.13. The highest BCUT2D eigenvalue weighted by atomic mass is 127. The quantitative estimate of drug-likeness (QED) is 0.262. The van der Waals surface area contributed by atoms with Crippen molar-refractivity contribution in [2.24, 2.45) is 0 Å². The van der Waals surface area contributed by atoms with Gasteiger partial charge in [0, 0.05) is 3.57 Å². The maximum Gasteiger partial charge on any atom is 0.0136 e. The molecular formula is C25H19I. The van der Waals surface area contributed by atoms with E-state index in [1.807, 2.05) is 0 Å². The number of benzene rings is 4. The van der Waals surface area contributed by atoms with Gasteiger partial charge in [0.05, 0.1) is 0 Å². The molecule has 0 saturated heterocycles. The van der Waals surface area contributed by atoms with Gasteiger partial charge in [-0.2, -0.15) is 0 Å². The predicted molar refractivity (Wildman–Crippen MR) is 122 cm³/mol. The average molecular weight is 446 g/mol. The van der Waals surface area contributed by atoms with E-state index >= 15 is 0 Å². The fraction of sp³-hybridized carbons (Fsp3) is 0.120. The van der Waals surface area contributed by atoms with Crippen molar-refractivity contribution in [2.45, 2.75) is 19.3 Å². The van der Waals surface area contributed by atoms with Crippen LogP contribution in [0.2, 0.25) is 0 Å². The fourth-order valence-corrected chi connectivity index (χ4v) is 4.67. The predicted octanol–water partition coefficient (Wildman–Crippen LogP) is 7.79. The van der Waals surface area contributed by atoms with Gasteiger partial charge < -0.3 is 0 Å². The average Bonchev–Trinajstić information content (AvgIpc) is 2.67. The summed E-state index contributed by atoms with van der Waals surface area (Å²) in [4.78, 5) is 0. The molecule has 0 aromatic heterocycles. The smallest absolute Gasteiger partial charge is 0.0136 e. The van der Waals surface area contributed by atoms with Crippen molar-refractivity contribution < 1.29 is 0 Å². The normalized spacial score (nSPS) is 16.2. The minimum atomic E-state index is 0.590. The number of hydrogen-bond donors (Lipinski definition) is 0. The fourth-order valence-electron chi connectivity index (χ4n) is 4.16. The molecule has 4 aromatic carbocycles. The van der Waals surface area contributed by atoms with Crippen LogP contribution in [0.25, 0.3) is 38.7 Å². The first-order valence-electron chi connectivity index (χ1n) is 9.12. The Morgan fingerprint density at radius 2 is 1.46 bits per heavy atom. The SMILES string of the molecule is C[C@H]1CC=Cc2ccc3cc(-c4ccc5cc(I)ccc5c4)ccc3c21. The zero-order valence-electron chi connectivity index (χ0n) is 14.7. The molecule has 0 bridgehead atoms. The topological polar surface area (TPSA) is 0 Å². The number of allylic oxidation sites excluding steroid dienone is 1. The van der Waals surface area contributed by atoms with Crippen LogP contribution in [0.4, 0.5) is 0 Å². The maximum absolute atomic E-state index is 2.37. The molecule has 0 fully saturated rings. The van der Waals surface area contributed by atoms with Gasteiger partial charge in [0.2, 0.25) is 0 Å². The van der Waals surface area contributed by atoms with Crippen molar-refractivity contribution in [3.63, 3.8) is 0 Å². The van der Waals surface area contributed by atoms with Gasteiger partial charge in [-0.25, -0.2) is 0 Å². The highest BCUT2D eigenvalue weighted by molar-refractivity contribution is 14.1. The van der Waals surface area contributed by atoms with Gasteiger partial charge in [0.25, 0.3) is 0 Å². The third kappa shape index (κ3) is 2.66. The number of hydrogen-bond acceptors (Lipinski definition) is 0. The largest absolute Gasteiger partial charge is 0.0833 e. The number of rotatable bonds is 1. The molecule has 0 nitrogen and oxygen atoms in total. The van der Waals surface area contributed by atoms with Gasteiger partial charge >= 0.3 is 0 Å². The third-order valence-corrected chi connectivity index (χ3v) is 6.18. The summed E-state index contributed by atoms with van der Waals surface area (Å²) in [5, 5.41) is 5.34. The van der Waals surface area contributed by atoms with Crippen molar-refractivity contribution in [1.82, 2.24) is 0 Å². The lowest BCUT2D eigenvalue weighted by Gasteiger charge is -2.20. The van der Waals surface area contributed by atoms with E-state index < -0.39 is 0 Å². The molecule has 5 rings (SSSR count). The van der Waals surface area contributed by atoms with E-state index in [2.05, 4.69) is 108 Å². The second kappa shape index (κ2) is 6.24. The zero-order chi connectivity index (χ0) is 17.7. The molecule has 0 amide bonds. The number of fused-ring (bicyclic) bond motifs is 4. The molecule has 0 radical (unpaired) electrons. The van der Waals surface area contributed by atoms with E-state index in [1.54, 1.807) is 0 Å². The monoisotopic (exact) mass is 446 g/mol. The van der Waals surface area contributed by atoms with Gasteiger partial charge in [-0.1, -0.05) is 61.5 Å². The molecule has 26 heavy (non-hydrogen) atoms. The second-order valence-corrected chi connectivity index (χ2v) is 8.50. The Morgan fingerprint density at radius 1 is 0.769 bits per heavy atom. The van der Waals surface area contributed by atoms with E-state index in [1.165, 1.54) is 47.4 Å². The van der Waals surface area contributed by atoms with Crippen molar-refractivity contribution in [1.29, 1.82) is 0 Å². The van der Waals surface area contributed by atoms with Crippen molar-refractivity contribution in [3.8, 4) is 11.1 Å². The summed E-state index contributed by atoms with van der Waals surface area (Å²) in [5.74, 6) is 0.590. The maximum atomic E-state index is 2.37. The Balaban J connectivity index is 1.66. The Morgan fingerprint density at radius 3 is 2.35 bits per heavy atom. The summed E-state index contributed by atoms with van der Waals surface area (Å²) < 4.78 is 1.28. The van der Waals surface area contributed by atoms with Crippen LogP contribution < -0.4 is 0 Å². The summed E-state index contributed by atoms with van der Waals surface area (Å²) in [7, 11) is 0. The first-order valence-corrected chi connectivity index (χ1v) is 10.2. The van der Waals surface area contributed by atoms with Crippen molar-refractivity contribution in [3.05, 3.63) is 87.5 Å². The molecule has 1 aliphatic rings. The van der Waals surface area contributed by atoms with Crippen LogP contribution >= 0.6 is 22.6 Å². The molecule has 0 heterocycles. The minimum Gasteiger partial charge on any atom is -0.0833 e. The van der Waals surface area contributed by atoms with Gasteiger partial charge in [-0.15, -0.1) is 0 Å². The lowest BCUT2D eigenvalue weighted by Crippen LogP contribution is -2.00. The molecule has 1 aliphatic carbocycles. The Kier molecular flexibility index (Phi) is 3.86. The van der Waals surface area contributed by atoms with Gasteiger partial charge in [0.1, 0.15) is 0 Å². The highest BCUT2D eigenvalue weighted by Crippen LogP contribution is 2.37. The lowest BCUT2D eigenvalue weighted by atomic mass is 9.84.